The fourth-order valence-corrected chi connectivity index (χ4v) is 6.38. The molecular weight excluding hydrogens is 386 g/mol. The number of thiophene rings is 1. The molecule has 2 fully saturated rings. The number of hydrogen-bond donors (Lipinski definition) is 2. The Bertz CT molecular complexity index is 1280. The maximum atomic E-state index is 13.2. The van der Waals surface area contributed by atoms with Gasteiger partial charge in [-0.15, -0.1) is 11.3 Å². The molecule has 2 saturated carbocycles. The van der Waals surface area contributed by atoms with Crippen molar-refractivity contribution in [1.29, 1.82) is 0 Å². The number of nitrogens with two attached hydrogens (primary N) is 1. The highest BCUT2D eigenvalue weighted by molar-refractivity contribution is 7.21. The number of hydrogen-bond acceptors (Lipinski definition) is 5. The van der Waals surface area contributed by atoms with Crippen LogP contribution in [0.2, 0.25) is 0 Å². The smallest absolute Gasteiger partial charge is 0.329 e. The second kappa shape index (κ2) is 6.42. The molecule has 29 heavy (non-hydrogen) atoms. The van der Waals surface area contributed by atoms with E-state index in [2.05, 4.69) is 4.98 Å². The fourth-order valence-electron chi connectivity index (χ4n) is 5.14. The van der Waals surface area contributed by atoms with Crippen LogP contribution in [0, 0.1) is 25.7 Å². The van der Waals surface area contributed by atoms with E-state index in [1.165, 1.54) is 17.8 Å². The molecule has 1 aromatic carbocycles. The van der Waals surface area contributed by atoms with Crippen molar-refractivity contribution in [1.82, 2.24) is 9.55 Å². The van der Waals surface area contributed by atoms with Gasteiger partial charge in [-0.25, -0.2) is 4.79 Å². The molecule has 2 bridgehead atoms. The fraction of sp³-hybridized carbons (Fsp3) is 0.409. The number of aromatic amines is 1. The molecular formula is C22H23N3O3S. The molecule has 0 saturated heterocycles. The summed E-state index contributed by atoms with van der Waals surface area (Å²) in [6.45, 7) is 3.95. The van der Waals surface area contributed by atoms with Crippen molar-refractivity contribution in [3.05, 3.63) is 60.6 Å². The third kappa shape index (κ3) is 2.71. The summed E-state index contributed by atoms with van der Waals surface area (Å²) in [4.78, 5) is 41.8. The van der Waals surface area contributed by atoms with Gasteiger partial charge in [0.25, 0.3) is 5.56 Å². The van der Waals surface area contributed by atoms with Crippen LogP contribution in [0.3, 0.4) is 0 Å². The molecule has 3 atom stereocenters. The van der Waals surface area contributed by atoms with Gasteiger partial charge in [0.1, 0.15) is 9.71 Å². The van der Waals surface area contributed by atoms with Gasteiger partial charge in [0.2, 0.25) is 5.78 Å². The molecule has 0 amide bonds. The predicted molar refractivity (Wildman–Crippen MR) is 115 cm³/mol. The normalized spacial score (nSPS) is 23.2. The molecule has 0 aliphatic heterocycles. The lowest BCUT2D eigenvalue weighted by Crippen LogP contribution is -2.34. The van der Waals surface area contributed by atoms with E-state index in [0.717, 1.165) is 30.4 Å². The molecule has 2 aromatic heterocycles. The maximum Gasteiger partial charge on any atom is 0.329 e. The minimum absolute atomic E-state index is 0.0724. The summed E-state index contributed by atoms with van der Waals surface area (Å²) in [5, 5.41) is 0.268. The summed E-state index contributed by atoms with van der Waals surface area (Å²) >= 11 is 1.17. The Morgan fingerprint density at radius 3 is 2.62 bits per heavy atom. The number of aryl methyl sites for hydroxylation is 2. The van der Waals surface area contributed by atoms with E-state index in [1.807, 2.05) is 26.0 Å². The zero-order chi connectivity index (χ0) is 20.4. The maximum absolute atomic E-state index is 13.2. The van der Waals surface area contributed by atoms with Crippen LogP contribution in [-0.4, -0.2) is 15.3 Å². The number of nitrogens with zero attached hydrogens (tertiary/aromatic N) is 1. The van der Waals surface area contributed by atoms with Crippen LogP contribution in [0.25, 0.3) is 10.2 Å². The average Bonchev–Trinajstić information content (AvgIpc) is 3.38. The number of ketones is 1. The van der Waals surface area contributed by atoms with E-state index in [9.17, 15) is 14.4 Å². The van der Waals surface area contributed by atoms with Crippen molar-refractivity contribution in [2.45, 2.75) is 45.6 Å². The molecule has 2 heterocycles. The zero-order valence-corrected chi connectivity index (χ0v) is 17.3. The van der Waals surface area contributed by atoms with Crippen LogP contribution in [0.5, 0.6) is 0 Å². The summed E-state index contributed by atoms with van der Waals surface area (Å²) in [6.07, 6.45) is 4.40. The second-order valence-corrected chi connectivity index (χ2v) is 9.52. The number of anilines is 1. The molecule has 3 aromatic rings. The van der Waals surface area contributed by atoms with E-state index < -0.39 is 11.2 Å². The molecule has 0 spiro atoms. The monoisotopic (exact) mass is 409 g/mol. The van der Waals surface area contributed by atoms with Crippen molar-refractivity contribution in [3.8, 4) is 0 Å². The van der Waals surface area contributed by atoms with Gasteiger partial charge in [-0.05, 0) is 62.1 Å². The minimum Gasteiger partial charge on any atom is -0.397 e. The molecule has 2 aliphatic rings. The molecule has 5 rings (SSSR count). The van der Waals surface area contributed by atoms with Gasteiger partial charge in [-0.2, -0.15) is 0 Å². The standard InChI is InChI=1S/C22H23N3O3S/c1-10-3-5-14(7-11(10)2)18(26)19-17(23)16-20(27)24-22(28)25(21(16)29-19)15-9-12-4-6-13(15)8-12/h3,5,7,12-13,15H,4,6,8-9,23H2,1-2H3,(H,24,27,28)/t12-,13+,15-/m0/s1. The van der Waals surface area contributed by atoms with E-state index in [0.29, 0.717) is 27.1 Å². The van der Waals surface area contributed by atoms with Gasteiger partial charge in [0, 0.05) is 11.6 Å². The lowest BCUT2D eigenvalue weighted by Gasteiger charge is -2.24. The SMILES string of the molecule is Cc1ccc(C(=O)c2sc3c(c2N)c(=O)[nH]c(=O)n3[C@H]2C[C@H]3CC[C@@H]2C3)cc1C. The van der Waals surface area contributed by atoms with Crippen LogP contribution in [0.1, 0.15) is 58.1 Å². The Morgan fingerprint density at radius 2 is 1.97 bits per heavy atom. The van der Waals surface area contributed by atoms with E-state index >= 15 is 0 Å². The van der Waals surface area contributed by atoms with Crippen molar-refractivity contribution >= 4 is 33.0 Å². The first-order valence-corrected chi connectivity index (χ1v) is 10.9. The molecule has 0 unspecified atom stereocenters. The van der Waals surface area contributed by atoms with Gasteiger partial charge in [-0.3, -0.25) is 19.1 Å². The number of carbonyl (C=O) groups is 1. The number of H-pyrrole nitrogens is 1. The minimum atomic E-state index is -0.516. The van der Waals surface area contributed by atoms with Gasteiger partial charge < -0.3 is 5.73 Å². The van der Waals surface area contributed by atoms with Crippen molar-refractivity contribution in [2.75, 3.05) is 5.73 Å². The highest BCUT2D eigenvalue weighted by atomic mass is 32.1. The van der Waals surface area contributed by atoms with Crippen LogP contribution in [0.4, 0.5) is 5.69 Å². The number of nitrogens with one attached hydrogen (secondary N) is 1. The van der Waals surface area contributed by atoms with Gasteiger partial charge in [-0.1, -0.05) is 18.6 Å². The van der Waals surface area contributed by atoms with Crippen LogP contribution >= 0.6 is 11.3 Å². The highest BCUT2D eigenvalue weighted by Crippen LogP contribution is 2.51. The van der Waals surface area contributed by atoms with Crippen molar-refractivity contribution < 1.29 is 4.79 Å². The molecule has 2 aliphatic carbocycles. The summed E-state index contributed by atoms with van der Waals surface area (Å²) < 4.78 is 1.71. The first kappa shape index (κ1) is 18.4. The summed E-state index contributed by atoms with van der Waals surface area (Å²) in [6, 6.07) is 5.60. The summed E-state index contributed by atoms with van der Waals surface area (Å²) in [5.74, 6) is 0.889. The first-order chi connectivity index (χ1) is 13.8. The van der Waals surface area contributed by atoms with Gasteiger partial charge in [0.15, 0.2) is 0 Å². The third-order valence-electron chi connectivity index (χ3n) is 6.82. The lowest BCUT2D eigenvalue weighted by atomic mass is 9.95. The topological polar surface area (TPSA) is 98.0 Å². The Kier molecular flexibility index (Phi) is 4.07. The number of fused-ring (bicyclic) bond motifs is 3. The Morgan fingerprint density at radius 1 is 1.17 bits per heavy atom. The Labute approximate surface area is 171 Å². The van der Waals surface area contributed by atoms with E-state index in [4.69, 9.17) is 5.73 Å². The summed E-state index contributed by atoms with van der Waals surface area (Å²) in [5.41, 5.74) is 8.22. The predicted octanol–water partition coefficient (Wildman–Crippen LogP) is 3.54. The number of carbonyl (C=O) groups excluding carboxylic acids is 1. The van der Waals surface area contributed by atoms with Crippen LogP contribution in [-0.2, 0) is 0 Å². The Hall–Kier alpha value is -2.67. The molecule has 6 nitrogen and oxygen atoms in total. The first-order valence-electron chi connectivity index (χ1n) is 10.0. The van der Waals surface area contributed by atoms with Crippen LogP contribution < -0.4 is 17.0 Å². The number of aromatic nitrogens is 2. The number of benzene rings is 1. The quantitative estimate of drug-likeness (QED) is 0.647. The van der Waals surface area contributed by atoms with Crippen molar-refractivity contribution in [3.63, 3.8) is 0 Å². The third-order valence-corrected chi connectivity index (χ3v) is 8.02. The zero-order valence-electron chi connectivity index (χ0n) is 16.5. The second-order valence-electron chi connectivity index (χ2n) is 8.52. The van der Waals surface area contributed by atoms with E-state index in [-0.39, 0.29) is 22.9 Å². The van der Waals surface area contributed by atoms with Crippen LogP contribution in [0.15, 0.2) is 27.8 Å². The molecule has 3 N–H and O–H groups in total. The van der Waals surface area contributed by atoms with Crippen molar-refractivity contribution in [2.24, 2.45) is 11.8 Å². The number of rotatable bonds is 3. The average molecular weight is 410 g/mol. The number of nitrogen functional groups attached to an aromatic ring is 1. The molecule has 7 heteroatoms. The van der Waals surface area contributed by atoms with Gasteiger partial charge in [0.05, 0.1) is 11.1 Å². The largest absolute Gasteiger partial charge is 0.397 e. The Balaban J connectivity index is 1.69. The lowest BCUT2D eigenvalue weighted by molar-refractivity contribution is 0.104. The molecule has 0 radical (unpaired) electrons. The summed E-state index contributed by atoms with van der Waals surface area (Å²) in [7, 11) is 0. The van der Waals surface area contributed by atoms with E-state index in [1.54, 1.807) is 10.6 Å². The highest BCUT2D eigenvalue weighted by Gasteiger charge is 2.42. The molecule has 150 valence electrons. The van der Waals surface area contributed by atoms with Gasteiger partial charge >= 0.3 is 5.69 Å².